The zero-order valence-corrected chi connectivity index (χ0v) is 13.4. The van der Waals surface area contributed by atoms with Gasteiger partial charge < -0.3 is 9.88 Å². The highest BCUT2D eigenvalue weighted by Crippen LogP contribution is 2.15. The Morgan fingerprint density at radius 3 is 2.71 bits per heavy atom. The highest BCUT2D eigenvalue weighted by Gasteiger charge is 2.10. The predicted molar refractivity (Wildman–Crippen MR) is 89.3 cm³/mol. The van der Waals surface area contributed by atoms with E-state index in [9.17, 15) is 9.59 Å². The molecule has 0 aromatic carbocycles. The molecule has 3 rings (SSSR count). The first kappa shape index (κ1) is 15.7. The molecule has 0 aliphatic rings. The normalized spacial score (nSPS) is 10.6. The fourth-order valence-electron chi connectivity index (χ4n) is 2.30. The van der Waals surface area contributed by atoms with Crippen LogP contribution < -0.4 is 10.9 Å². The molecule has 0 saturated carbocycles. The van der Waals surface area contributed by atoms with Gasteiger partial charge in [-0.3, -0.25) is 19.3 Å². The standard InChI is InChI=1S/C17H17N5O2/c1-21-7-3-4-14(17(21)24)16(23)19-9-12-5-6-15(18-8-12)13-10-20-22(2)11-13/h3-8,10-11H,9H2,1-2H3,(H,19,23). The summed E-state index contributed by atoms with van der Waals surface area (Å²) in [6.45, 7) is 0.303. The van der Waals surface area contributed by atoms with Gasteiger partial charge in [-0.25, -0.2) is 0 Å². The van der Waals surface area contributed by atoms with Crippen molar-refractivity contribution in [2.24, 2.45) is 14.1 Å². The third kappa shape index (κ3) is 3.24. The Bertz CT molecular complexity index is 925. The summed E-state index contributed by atoms with van der Waals surface area (Å²) >= 11 is 0. The van der Waals surface area contributed by atoms with Gasteiger partial charge in [0.05, 0.1) is 11.9 Å². The van der Waals surface area contributed by atoms with Crippen LogP contribution >= 0.6 is 0 Å². The first-order valence-electron chi connectivity index (χ1n) is 7.42. The monoisotopic (exact) mass is 323 g/mol. The lowest BCUT2D eigenvalue weighted by atomic mass is 10.2. The van der Waals surface area contributed by atoms with E-state index >= 15 is 0 Å². The molecule has 1 N–H and O–H groups in total. The van der Waals surface area contributed by atoms with Gasteiger partial charge in [0.15, 0.2) is 0 Å². The van der Waals surface area contributed by atoms with Crippen LogP contribution in [0.5, 0.6) is 0 Å². The van der Waals surface area contributed by atoms with Crippen molar-refractivity contribution in [3.05, 3.63) is 70.5 Å². The quantitative estimate of drug-likeness (QED) is 0.780. The van der Waals surface area contributed by atoms with E-state index in [0.717, 1.165) is 16.8 Å². The summed E-state index contributed by atoms with van der Waals surface area (Å²) in [5, 5.41) is 6.85. The van der Waals surface area contributed by atoms with Gasteiger partial charge in [0.2, 0.25) is 0 Å². The molecule has 0 fully saturated rings. The largest absolute Gasteiger partial charge is 0.348 e. The van der Waals surface area contributed by atoms with Gasteiger partial charge in [-0.05, 0) is 23.8 Å². The summed E-state index contributed by atoms with van der Waals surface area (Å²) in [6.07, 6.45) is 6.94. The van der Waals surface area contributed by atoms with Crippen LogP contribution in [0, 0.1) is 0 Å². The molecule has 24 heavy (non-hydrogen) atoms. The average molecular weight is 323 g/mol. The average Bonchev–Trinajstić information content (AvgIpc) is 3.02. The number of amides is 1. The van der Waals surface area contributed by atoms with Crippen LogP contribution in [0.4, 0.5) is 0 Å². The molecule has 0 bridgehead atoms. The summed E-state index contributed by atoms with van der Waals surface area (Å²) in [5.41, 5.74) is 2.40. The molecule has 3 aromatic heterocycles. The number of carbonyl (C=O) groups is 1. The second-order valence-electron chi connectivity index (χ2n) is 5.47. The van der Waals surface area contributed by atoms with E-state index in [0.29, 0.717) is 6.54 Å². The Morgan fingerprint density at radius 2 is 2.04 bits per heavy atom. The number of carbonyl (C=O) groups excluding carboxylic acids is 1. The topological polar surface area (TPSA) is 81.8 Å². The molecule has 1 amide bonds. The van der Waals surface area contributed by atoms with Gasteiger partial charge in [-0.1, -0.05) is 6.07 Å². The highest BCUT2D eigenvalue weighted by molar-refractivity contribution is 5.93. The molecule has 7 heteroatoms. The summed E-state index contributed by atoms with van der Waals surface area (Å²) < 4.78 is 3.09. The van der Waals surface area contributed by atoms with Crippen molar-refractivity contribution in [1.29, 1.82) is 0 Å². The Kier molecular flexibility index (Phi) is 4.24. The van der Waals surface area contributed by atoms with E-state index in [1.54, 1.807) is 36.4 Å². The van der Waals surface area contributed by atoms with Gasteiger partial charge in [0.25, 0.3) is 11.5 Å². The lowest BCUT2D eigenvalue weighted by molar-refractivity contribution is 0.0949. The lowest BCUT2D eigenvalue weighted by Gasteiger charge is -2.06. The summed E-state index contributed by atoms with van der Waals surface area (Å²) in [4.78, 5) is 28.4. The van der Waals surface area contributed by atoms with E-state index in [2.05, 4.69) is 15.4 Å². The summed E-state index contributed by atoms with van der Waals surface area (Å²) in [6, 6.07) is 6.95. The molecule has 0 atom stereocenters. The van der Waals surface area contributed by atoms with Crippen molar-refractivity contribution in [2.45, 2.75) is 6.54 Å². The van der Waals surface area contributed by atoms with Crippen LogP contribution in [0.3, 0.4) is 0 Å². The van der Waals surface area contributed by atoms with Crippen molar-refractivity contribution in [3.8, 4) is 11.3 Å². The van der Waals surface area contributed by atoms with Gasteiger partial charge in [0.1, 0.15) is 5.56 Å². The van der Waals surface area contributed by atoms with Gasteiger partial charge in [-0.2, -0.15) is 5.10 Å². The Morgan fingerprint density at radius 1 is 1.21 bits per heavy atom. The predicted octanol–water partition coefficient (Wildman–Crippen LogP) is 1.11. The number of hydrogen-bond acceptors (Lipinski definition) is 4. The van der Waals surface area contributed by atoms with E-state index in [4.69, 9.17) is 0 Å². The van der Waals surface area contributed by atoms with E-state index in [1.165, 1.54) is 10.6 Å². The van der Waals surface area contributed by atoms with Crippen LogP contribution in [0.25, 0.3) is 11.3 Å². The molecule has 7 nitrogen and oxygen atoms in total. The molecule has 0 unspecified atom stereocenters. The first-order valence-corrected chi connectivity index (χ1v) is 7.42. The number of nitrogens with zero attached hydrogens (tertiary/aromatic N) is 4. The van der Waals surface area contributed by atoms with Crippen molar-refractivity contribution < 1.29 is 4.79 Å². The number of hydrogen-bond donors (Lipinski definition) is 1. The SMILES string of the molecule is Cn1cc(-c2ccc(CNC(=O)c3cccn(C)c3=O)cn2)cn1. The zero-order chi connectivity index (χ0) is 17.1. The lowest BCUT2D eigenvalue weighted by Crippen LogP contribution is -2.31. The summed E-state index contributed by atoms with van der Waals surface area (Å²) in [7, 11) is 3.46. The molecular weight excluding hydrogens is 306 g/mol. The maximum Gasteiger partial charge on any atom is 0.263 e. The van der Waals surface area contributed by atoms with Gasteiger partial charge in [-0.15, -0.1) is 0 Å². The van der Waals surface area contributed by atoms with Crippen LogP contribution in [0.2, 0.25) is 0 Å². The van der Waals surface area contributed by atoms with Crippen molar-refractivity contribution in [2.75, 3.05) is 0 Å². The fraction of sp³-hybridized carbons (Fsp3) is 0.176. The molecule has 0 radical (unpaired) electrons. The molecule has 3 aromatic rings. The maximum absolute atomic E-state index is 12.1. The number of pyridine rings is 2. The number of nitrogens with one attached hydrogen (secondary N) is 1. The van der Waals surface area contributed by atoms with Crippen LogP contribution in [0.1, 0.15) is 15.9 Å². The minimum Gasteiger partial charge on any atom is -0.348 e. The zero-order valence-electron chi connectivity index (χ0n) is 13.4. The molecule has 0 spiro atoms. The fourth-order valence-corrected chi connectivity index (χ4v) is 2.30. The third-order valence-electron chi connectivity index (χ3n) is 3.65. The van der Waals surface area contributed by atoms with Crippen molar-refractivity contribution >= 4 is 5.91 Å². The van der Waals surface area contributed by atoms with E-state index in [1.807, 2.05) is 25.4 Å². The van der Waals surface area contributed by atoms with Crippen molar-refractivity contribution in [1.82, 2.24) is 24.6 Å². The number of aromatic nitrogens is 4. The number of aryl methyl sites for hydroxylation is 2. The summed E-state index contributed by atoms with van der Waals surface area (Å²) in [5.74, 6) is -0.396. The first-order chi connectivity index (χ1) is 11.5. The smallest absolute Gasteiger partial charge is 0.263 e. The van der Waals surface area contributed by atoms with Gasteiger partial charge in [0, 0.05) is 44.8 Å². The van der Waals surface area contributed by atoms with E-state index in [-0.39, 0.29) is 11.1 Å². The Balaban J connectivity index is 1.67. The Hall–Kier alpha value is -3.22. The molecule has 0 saturated heterocycles. The minimum atomic E-state index is -0.396. The van der Waals surface area contributed by atoms with Crippen molar-refractivity contribution in [3.63, 3.8) is 0 Å². The highest BCUT2D eigenvalue weighted by atomic mass is 16.2. The van der Waals surface area contributed by atoms with Crippen LogP contribution in [-0.2, 0) is 20.6 Å². The third-order valence-corrected chi connectivity index (χ3v) is 3.65. The van der Waals surface area contributed by atoms with Crippen LogP contribution in [0.15, 0.2) is 53.8 Å². The minimum absolute atomic E-state index is 0.125. The molecular formula is C17H17N5O2. The second-order valence-corrected chi connectivity index (χ2v) is 5.47. The van der Waals surface area contributed by atoms with Gasteiger partial charge >= 0.3 is 0 Å². The maximum atomic E-state index is 12.1. The molecule has 122 valence electrons. The molecule has 3 heterocycles. The second kappa shape index (κ2) is 6.49. The van der Waals surface area contributed by atoms with E-state index < -0.39 is 5.91 Å². The van der Waals surface area contributed by atoms with Crippen LogP contribution in [-0.4, -0.2) is 25.2 Å². The molecule has 0 aliphatic carbocycles. The molecule has 0 aliphatic heterocycles. The Labute approximate surface area is 138 Å². The number of rotatable bonds is 4.